The van der Waals surface area contributed by atoms with E-state index in [1.165, 1.54) is 0 Å². The SMILES string of the molecule is Cc1csc(CNCC(O)c2ccc3c(c2)OCO3)n1. The van der Waals surface area contributed by atoms with Gasteiger partial charge in [-0.1, -0.05) is 6.07 Å². The number of aliphatic hydroxyl groups excluding tert-OH is 1. The monoisotopic (exact) mass is 292 g/mol. The number of aromatic nitrogens is 1. The van der Waals surface area contributed by atoms with Crippen molar-refractivity contribution in [1.29, 1.82) is 0 Å². The normalized spacial score (nSPS) is 14.5. The number of aryl methyl sites for hydroxylation is 1. The Morgan fingerprint density at radius 3 is 3.05 bits per heavy atom. The van der Waals surface area contributed by atoms with Crippen molar-refractivity contribution in [3.05, 3.63) is 39.8 Å². The molecule has 0 spiro atoms. The van der Waals surface area contributed by atoms with Crippen molar-refractivity contribution in [3.63, 3.8) is 0 Å². The van der Waals surface area contributed by atoms with Crippen LogP contribution in [0.15, 0.2) is 23.6 Å². The molecule has 6 heteroatoms. The van der Waals surface area contributed by atoms with Gasteiger partial charge in [-0.2, -0.15) is 0 Å². The van der Waals surface area contributed by atoms with E-state index < -0.39 is 6.10 Å². The van der Waals surface area contributed by atoms with Gasteiger partial charge in [0.05, 0.1) is 6.10 Å². The molecule has 0 aliphatic carbocycles. The molecule has 5 nitrogen and oxygen atoms in total. The minimum Gasteiger partial charge on any atom is -0.454 e. The van der Waals surface area contributed by atoms with Gasteiger partial charge in [0.1, 0.15) is 5.01 Å². The highest BCUT2D eigenvalue weighted by molar-refractivity contribution is 7.09. The van der Waals surface area contributed by atoms with Crippen LogP contribution in [0.5, 0.6) is 11.5 Å². The molecule has 0 amide bonds. The standard InChI is InChI=1S/C14H16N2O3S/c1-9-7-20-14(16-9)6-15-5-11(17)10-2-3-12-13(4-10)19-8-18-12/h2-4,7,11,15,17H,5-6,8H2,1H3. The fourth-order valence-electron chi connectivity index (χ4n) is 2.04. The molecule has 2 heterocycles. The Labute approximate surface area is 121 Å². The third kappa shape index (κ3) is 2.92. The zero-order valence-electron chi connectivity index (χ0n) is 11.1. The lowest BCUT2D eigenvalue weighted by Gasteiger charge is -2.12. The second-order valence-corrected chi connectivity index (χ2v) is 5.58. The third-order valence-electron chi connectivity index (χ3n) is 3.06. The molecule has 1 aliphatic heterocycles. The molecule has 1 aromatic heterocycles. The molecular weight excluding hydrogens is 276 g/mol. The van der Waals surface area contributed by atoms with Crippen molar-refractivity contribution in [2.24, 2.45) is 0 Å². The van der Waals surface area contributed by atoms with E-state index in [1.54, 1.807) is 11.3 Å². The fourth-order valence-corrected chi connectivity index (χ4v) is 2.78. The molecule has 106 valence electrons. The summed E-state index contributed by atoms with van der Waals surface area (Å²) in [4.78, 5) is 4.37. The third-order valence-corrected chi connectivity index (χ3v) is 4.03. The summed E-state index contributed by atoms with van der Waals surface area (Å²) in [7, 11) is 0. The average Bonchev–Trinajstić information content (AvgIpc) is 3.06. The van der Waals surface area contributed by atoms with E-state index in [9.17, 15) is 5.11 Å². The molecule has 0 radical (unpaired) electrons. The minimum absolute atomic E-state index is 0.247. The van der Waals surface area contributed by atoms with Crippen molar-refractivity contribution in [2.45, 2.75) is 19.6 Å². The summed E-state index contributed by atoms with van der Waals surface area (Å²) < 4.78 is 10.6. The topological polar surface area (TPSA) is 63.6 Å². The van der Waals surface area contributed by atoms with Crippen LogP contribution in [-0.2, 0) is 6.54 Å². The molecule has 0 bridgehead atoms. The quantitative estimate of drug-likeness (QED) is 0.882. The number of aliphatic hydroxyl groups is 1. The number of thiazole rings is 1. The molecule has 20 heavy (non-hydrogen) atoms. The van der Waals surface area contributed by atoms with Crippen molar-refractivity contribution >= 4 is 11.3 Å². The largest absolute Gasteiger partial charge is 0.454 e. The van der Waals surface area contributed by atoms with Gasteiger partial charge in [0.25, 0.3) is 0 Å². The lowest BCUT2D eigenvalue weighted by Crippen LogP contribution is -2.21. The van der Waals surface area contributed by atoms with E-state index in [0.29, 0.717) is 18.8 Å². The van der Waals surface area contributed by atoms with Gasteiger partial charge in [0.2, 0.25) is 6.79 Å². The van der Waals surface area contributed by atoms with Gasteiger partial charge in [0.15, 0.2) is 11.5 Å². The summed E-state index contributed by atoms with van der Waals surface area (Å²) in [6, 6.07) is 5.50. The number of hydrogen-bond donors (Lipinski definition) is 2. The smallest absolute Gasteiger partial charge is 0.231 e. The molecule has 1 aromatic carbocycles. The maximum Gasteiger partial charge on any atom is 0.231 e. The van der Waals surface area contributed by atoms with Crippen LogP contribution in [0.1, 0.15) is 22.4 Å². The molecular formula is C14H16N2O3S. The van der Waals surface area contributed by atoms with E-state index >= 15 is 0 Å². The predicted molar refractivity (Wildman–Crippen MR) is 76.1 cm³/mol. The maximum absolute atomic E-state index is 10.2. The molecule has 1 unspecified atom stereocenters. The lowest BCUT2D eigenvalue weighted by molar-refractivity contribution is 0.170. The molecule has 1 aliphatic rings. The van der Waals surface area contributed by atoms with Crippen LogP contribution in [0.25, 0.3) is 0 Å². The Morgan fingerprint density at radius 2 is 2.25 bits per heavy atom. The number of hydrogen-bond acceptors (Lipinski definition) is 6. The molecule has 0 saturated carbocycles. The Morgan fingerprint density at radius 1 is 1.40 bits per heavy atom. The molecule has 2 aromatic rings. The summed E-state index contributed by atoms with van der Waals surface area (Å²) in [5.41, 5.74) is 1.85. The van der Waals surface area contributed by atoms with Crippen molar-refractivity contribution in [3.8, 4) is 11.5 Å². The first-order valence-corrected chi connectivity index (χ1v) is 7.29. The first-order chi connectivity index (χ1) is 9.72. The minimum atomic E-state index is -0.578. The number of benzene rings is 1. The van der Waals surface area contributed by atoms with Gasteiger partial charge in [-0.15, -0.1) is 11.3 Å². The molecule has 0 fully saturated rings. The Hall–Kier alpha value is -1.63. The second-order valence-electron chi connectivity index (χ2n) is 4.64. The summed E-state index contributed by atoms with van der Waals surface area (Å²) in [6.45, 7) is 3.36. The molecule has 3 rings (SSSR count). The first kappa shape index (κ1) is 13.4. The maximum atomic E-state index is 10.2. The van der Waals surface area contributed by atoms with Gasteiger partial charge in [-0.25, -0.2) is 4.98 Å². The molecule has 2 N–H and O–H groups in total. The predicted octanol–water partition coefficient (Wildman–Crippen LogP) is 2.00. The van der Waals surface area contributed by atoms with E-state index in [1.807, 2.05) is 30.5 Å². The van der Waals surface area contributed by atoms with E-state index in [4.69, 9.17) is 9.47 Å². The van der Waals surface area contributed by atoms with Crippen LogP contribution < -0.4 is 14.8 Å². The van der Waals surface area contributed by atoms with Gasteiger partial charge in [-0.05, 0) is 24.6 Å². The summed E-state index contributed by atoms with van der Waals surface area (Å²) in [5, 5.41) is 16.4. The number of nitrogens with one attached hydrogen (secondary N) is 1. The number of rotatable bonds is 5. The summed E-state index contributed by atoms with van der Waals surface area (Å²) in [6.07, 6.45) is -0.578. The molecule has 1 atom stereocenters. The number of nitrogens with zero attached hydrogens (tertiary/aromatic N) is 1. The zero-order chi connectivity index (χ0) is 13.9. The zero-order valence-corrected chi connectivity index (χ0v) is 11.9. The van der Waals surface area contributed by atoms with Crippen LogP contribution in [0.2, 0.25) is 0 Å². The van der Waals surface area contributed by atoms with Crippen LogP contribution in [0.3, 0.4) is 0 Å². The Kier molecular flexibility index (Phi) is 3.86. The van der Waals surface area contributed by atoms with Gasteiger partial charge >= 0.3 is 0 Å². The first-order valence-electron chi connectivity index (χ1n) is 6.42. The Balaban J connectivity index is 1.55. The van der Waals surface area contributed by atoms with E-state index in [-0.39, 0.29) is 6.79 Å². The van der Waals surface area contributed by atoms with Crippen molar-refractivity contribution < 1.29 is 14.6 Å². The Bertz CT molecular complexity index is 600. The van der Waals surface area contributed by atoms with Gasteiger partial charge in [0, 0.05) is 24.2 Å². The summed E-state index contributed by atoms with van der Waals surface area (Å²) in [5.74, 6) is 1.42. The van der Waals surface area contributed by atoms with Crippen LogP contribution in [0.4, 0.5) is 0 Å². The van der Waals surface area contributed by atoms with E-state index in [2.05, 4.69) is 10.3 Å². The van der Waals surface area contributed by atoms with Crippen molar-refractivity contribution in [2.75, 3.05) is 13.3 Å². The molecule has 0 saturated heterocycles. The fraction of sp³-hybridized carbons (Fsp3) is 0.357. The van der Waals surface area contributed by atoms with Crippen LogP contribution >= 0.6 is 11.3 Å². The second kappa shape index (κ2) is 5.78. The van der Waals surface area contributed by atoms with Crippen LogP contribution in [-0.4, -0.2) is 23.4 Å². The highest BCUT2D eigenvalue weighted by Crippen LogP contribution is 2.34. The van der Waals surface area contributed by atoms with Crippen molar-refractivity contribution in [1.82, 2.24) is 10.3 Å². The highest BCUT2D eigenvalue weighted by atomic mass is 32.1. The highest BCUT2D eigenvalue weighted by Gasteiger charge is 2.16. The van der Waals surface area contributed by atoms with Gasteiger partial charge in [-0.3, -0.25) is 0 Å². The lowest BCUT2D eigenvalue weighted by atomic mass is 10.1. The summed E-state index contributed by atoms with van der Waals surface area (Å²) >= 11 is 1.62. The van der Waals surface area contributed by atoms with E-state index in [0.717, 1.165) is 22.0 Å². The van der Waals surface area contributed by atoms with Crippen LogP contribution in [0, 0.1) is 6.92 Å². The van der Waals surface area contributed by atoms with Gasteiger partial charge < -0.3 is 19.9 Å². The number of fused-ring (bicyclic) bond motifs is 1. The average molecular weight is 292 g/mol. The number of ether oxygens (including phenoxy) is 2.